The van der Waals surface area contributed by atoms with Gasteiger partial charge in [-0.3, -0.25) is 4.79 Å². The minimum atomic E-state index is -1.31. The zero-order chi connectivity index (χ0) is 12.9. The number of aliphatic hydroxyl groups is 2. The van der Waals surface area contributed by atoms with Crippen molar-refractivity contribution >= 4 is 11.9 Å². The Hall–Kier alpha value is -1.40. The van der Waals surface area contributed by atoms with E-state index in [0.717, 1.165) is 25.1 Å². The largest absolute Gasteiger partial charge is 0.478 e. The van der Waals surface area contributed by atoms with E-state index in [4.69, 9.17) is 5.11 Å². The van der Waals surface area contributed by atoms with Crippen LogP contribution in [0.25, 0.3) is 0 Å². The molecule has 6 nitrogen and oxygen atoms in total. The zero-order valence-electron chi connectivity index (χ0n) is 9.43. The number of carbonyl (C=O) groups excluding carboxylic acids is 1. The molecule has 4 N–H and O–H groups in total. The van der Waals surface area contributed by atoms with Crippen LogP contribution in [0, 0.1) is 5.41 Å². The summed E-state index contributed by atoms with van der Waals surface area (Å²) in [4.78, 5) is 21.7. The number of nitrogens with one attached hydrogen (secondary N) is 1. The smallest absolute Gasteiger partial charge is 0.329 e. The second-order valence-corrected chi connectivity index (χ2v) is 4.31. The van der Waals surface area contributed by atoms with Crippen molar-refractivity contribution in [3.63, 3.8) is 0 Å². The lowest BCUT2D eigenvalue weighted by atomic mass is 9.80. The highest BCUT2D eigenvalue weighted by Crippen LogP contribution is 2.40. The molecule has 0 aromatic rings. The van der Waals surface area contributed by atoms with Crippen molar-refractivity contribution in [3.8, 4) is 0 Å². The maximum absolute atomic E-state index is 11.6. The van der Waals surface area contributed by atoms with Crippen molar-refractivity contribution in [1.82, 2.24) is 5.32 Å². The van der Waals surface area contributed by atoms with Crippen molar-refractivity contribution in [2.75, 3.05) is 6.61 Å². The number of aliphatic hydroxyl groups excluding tert-OH is 2. The molecule has 1 fully saturated rings. The molecule has 17 heavy (non-hydrogen) atoms. The van der Waals surface area contributed by atoms with Gasteiger partial charge in [-0.05, 0) is 12.8 Å². The van der Waals surface area contributed by atoms with Gasteiger partial charge in [-0.25, -0.2) is 4.79 Å². The predicted octanol–water partition coefficient (Wildman–Crippen LogP) is -0.386. The fourth-order valence-electron chi connectivity index (χ4n) is 2.15. The van der Waals surface area contributed by atoms with Crippen LogP contribution < -0.4 is 5.32 Å². The van der Waals surface area contributed by atoms with Crippen LogP contribution in [-0.2, 0) is 9.59 Å². The Morgan fingerprint density at radius 1 is 1.35 bits per heavy atom. The van der Waals surface area contributed by atoms with Crippen LogP contribution in [0.1, 0.15) is 25.7 Å². The number of hydrogen-bond donors (Lipinski definition) is 4. The quantitative estimate of drug-likeness (QED) is 0.492. The Balaban J connectivity index is 2.59. The van der Waals surface area contributed by atoms with E-state index >= 15 is 0 Å². The molecule has 0 bridgehead atoms. The third-order valence-corrected chi connectivity index (χ3v) is 3.19. The Kier molecular flexibility index (Phi) is 4.65. The molecule has 1 saturated carbocycles. The Bertz CT molecular complexity index is 320. The van der Waals surface area contributed by atoms with Gasteiger partial charge < -0.3 is 20.6 Å². The number of hydrogen-bond acceptors (Lipinski definition) is 4. The summed E-state index contributed by atoms with van der Waals surface area (Å²) in [5.74, 6) is -1.86. The van der Waals surface area contributed by atoms with Crippen LogP contribution in [0.4, 0.5) is 0 Å². The first kappa shape index (κ1) is 13.7. The maximum Gasteiger partial charge on any atom is 0.329 e. The van der Waals surface area contributed by atoms with E-state index in [0.29, 0.717) is 12.8 Å². The van der Waals surface area contributed by atoms with Gasteiger partial charge in [0.05, 0.1) is 6.61 Å². The van der Waals surface area contributed by atoms with Crippen LogP contribution in [-0.4, -0.2) is 39.9 Å². The number of carboxylic acids is 1. The first-order chi connectivity index (χ1) is 8.02. The topological polar surface area (TPSA) is 107 Å². The maximum atomic E-state index is 11.6. The van der Waals surface area contributed by atoms with Gasteiger partial charge in [0.15, 0.2) is 0 Å². The summed E-state index contributed by atoms with van der Waals surface area (Å²) in [7, 11) is 0. The number of amides is 1. The number of carbonyl (C=O) groups is 2. The van der Waals surface area contributed by atoms with Crippen LogP contribution in [0.15, 0.2) is 12.3 Å². The summed E-state index contributed by atoms with van der Waals surface area (Å²) < 4.78 is 0. The molecule has 1 atom stereocenters. The highest BCUT2D eigenvalue weighted by atomic mass is 16.4. The molecule has 0 aromatic carbocycles. The molecule has 1 amide bonds. The molecule has 0 radical (unpaired) electrons. The molecular weight excluding hydrogens is 226 g/mol. The van der Waals surface area contributed by atoms with Gasteiger partial charge in [-0.1, -0.05) is 12.8 Å². The average molecular weight is 243 g/mol. The summed E-state index contributed by atoms with van der Waals surface area (Å²) >= 11 is 0. The van der Waals surface area contributed by atoms with Gasteiger partial charge in [-0.2, -0.15) is 0 Å². The molecule has 0 unspecified atom stereocenters. The summed E-state index contributed by atoms with van der Waals surface area (Å²) in [5, 5.41) is 29.7. The molecule has 0 heterocycles. The summed E-state index contributed by atoms with van der Waals surface area (Å²) in [5.41, 5.74) is -0.777. The van der Waals surface area contributed by atoms with Crippen molar-refractivity contribution < 1.29 is 24.9 Å². The van der Waals surface area contributed by atoms with Crippen LogP contribution in [0.2, 0.25) is 0 Å². The minimum Gasteiger partial charge on any atom is -0.478 e. The minimum absolute atomic E-state index is 0.246. The molecule has 1 rings (SSSR count). The SMILES string of the molecule is O=C(O)C=CNC(=O)[C@H](O)C1(CO)CCCC1. The van der Waals surface area contributed by atoms with E-state index < -0.39 is 23.4 Å². The van der Waals surface area contributed by atoms with E-state index in [9.17, 15) is 19.8 Å². The van der Waals surface area contributed by atoms with Gasteiger partial charge in [-0.15, -0.1) is 0 Å². The lowest BCUT2D eigenvalue weighted by molar-refractivity contribution is -0.137. The van der Waals surface area contributed by atoms with Gasteiger partial charge >= 0.3 is 5.97 Å². The lowest BCUT2D eigenvalue weighted by Crippen LogP contribution is -2.46. The van der Waals surface area contributed by atoms with Gasteiger partial charge in [0.25, 0.3) is 5.91 Å². The van der Waals surface area contributed by atoms with E-state index in [1.165, 1.54) is 0 Å². The second-order valence-electron chi connectivity index (χ2n) is 4.31. The molecule has 1 aliphatic carbocycles. The lowest BCUT2D eigenvalue weighted by Gasteiger charge is -2.30. The third-order valence-electron chi connectivity index (χ3n) is 3.19. The van der Waals surface area contributed by atoms with Gasteiger partial charge in [0.2, 0.25) is 0 Å². The Morgan fingerprint density at radius 2 is 1.94 bits per heavy atom. The number of rotatable bonds is 5. The Labute approximate surface area is 98.9 Å². The molecule has 0 saturated heterocycles. The predicted molar refractivity (Wildman–Crippen MR) is 58.9 cm³/mol. The fourth-order valence-corrected chi connectivity index (χ4v) is 2.15. The molecular formula is C11H17NO5. The highest BCUT2D eigenvalue weighted by Gasteiger charge is 2.43. The van der Waals surface area contributed by atoms with Crippen LogP contribution >= 0.6 is 0 Å². The molecule has 6 heteroatoms. The van der Waals surface area contributed by atoms with Crippen molar-refractivity contribution in [2.45, 2.75) is 31.8 Å². The van der Waals surface area contributed by atoms with E-state index in [-0.39, 0.29) is 6.61 Å². The monoisotopic (exact) mass is 243 g/mol. The van der Waals surface area contributed by atoms with Gasteiger partial charge in [0.1, 0.15) is 6.10 Å². The third kappa shape index (κ3) is 3.28. The molecule has 96 valence electrons. The van der Waals surface area contributed by atoms with Crippen molar-refractivity contribution in [1.29, 1.82) is 0 Å². The summed E-state index contributed by atoms with van der Waals surface area (Å²) in [6.45, 7) is -0.246. The standard InChI is InChI=1S/C11H17NO5/c13-7-11(4-1-2-5-11)9(16)10(17)12-6-3-8(14)15/h3,6,9,13,16H,1-2,4-5,7H2,(H,12,17)(H,14,15)/t9-/m0/s1. The summed E-state index contributed by atoms with van der Waals surface area (Å²) in [6, 6.07) is 0. The van der Waals surface area contributed by atoms with Gasteiger partial charge in [0, 0.05) is 17.7 Å². The number of aliphatic carboxylic acids is 1. The second kappa shape index (κ2) is 5.79. The first-order valence-corrected chi connectivity index (χ1v) is 5.50. The fraction of sp³-hybridized carbons (Fsp3) is 0.636. The highest BCUT2D eigenvalue weighted by molar-refractivity contribution is 5.84. The first-order valence-electron chi connectivity index (χ1n) is 5.50. The summed E-state index contributed by atoms with van der Waals surface area (Å²) in [6.07, 6.45) is 3.36. The number of carboxylic acid groups (broad SMARTS) is 1. The molecule has 0 spiro atoms. The Morgan fingerprint density at radius 3 is 2.41 bits per heavy atom. The van der Waals surface area contributed by atoms with E-state index in [1.54, 1.807) is 0 Å². The van der Waals surface area contributed by atoms with E-state index in [1.807, 2.05) is 0 Å². The molecule has 1 aliphatic rings. The zero-order valence-corrected chi connectivity index (χ0v) is 9.43. The molecule has 0 aliphatic heterocycles. The van der Waals surface area contributed by atoms with Crippen LogP contribution in [0.5, 0.6) is 0 Å². The van der Waals surface area contributed by atoms with Crippen molar-refractivity contribution in [3.05, 3.63) is 12.3 Å². The average Bonchev–Trinajstić information content (AvgIpc) is 2.77. The van der Waals surface area contributed by atoms with E-state index in [2.05, 4.69) is 5.32 Å². The van der Waals surface area contributed by atoms with Crippen molar-refractivity contribution in [2.24, 2.45) is 5.41 Å². The normalized spacial score (nSPS) is 20.4. The van der Waals surface area contributed by atoms with Crippen LogP contribution in [0.3, 0.4) is 0 Å². The molecule has 0 aromatic heterocycles.